The molecule has 0 saturated carbocycles. The van der Waals surface area contributed by atoms with Crippen LogP contribution < -0.4 is 9.64 Å². The Bertz CT molecular complexity index is 1380. The molecule has 5 heterocycles. The number of β-amino-alcohol motifs (C(OH)–C–C–N with tert-alkyl or cyclic N) is 1. The van der Waals surface area contributed by atoms with Gasteiger partial charge in [0.2, 0.25) is 0 Å². The number of aliphatic hydroxyl groups is 2. The molecule has 10 heteroatoms. The van der Waals surface area contributed by atoms with Crippen LogP contribution in [0.5, 0.6) is 5.75 Å². The molecule has 5 rings (SSSR count). The van der Waals surface area contributed by atoms with Crippen molar-refractivity contribution < 1.29 is 19.3 Å². The third-order valence-electron chi connectivity index (χ3n) is 6.12. The molecule has 2 N–H and O–H groups in total. The summed E-state index contributed by atoms with van der Waals surface area (Å²) in [4.78, 5) is 10.6. The smallest absolute Gasteiger partial charge is 0.148 e. The van der Waals surface area contributed by atoms with Crippen LogP contribution in [-0.4, -0.2) is 55.1 Å². The van der Waals surface area contributed by atoms with Gasteiger partial charge in [0, 0.05) is 36.6 Å². The minimum atomic E-state index is -0.806. The van der Waals surface area contributed by atoms with Crippen molar-refractivity contribution in [2.24, 2.45) is 0 Å². The second-order valence-electron chi connectivity index (χ2n) is 8.49. The molecule has 178 valence electrons. The molecule has 9 nitrogen and oxygen atoms in total. The molecule has 3 atom stereocenters. The summed E-state index contributed by atoms with van der Waals surface area (Å²) in [5, 5.41) is 33.6. The van der Waals surface area contributed by atoms with Crippen molar-refractivity contribution in [3.8, 4) is 22.9 Å². The van der Waals surface area contributed by atoms with E-state index in [4.69, 9.17) is 4.74 Å². The Labute approximate surface area is 200 Å². The van der Waals surface area contributed by atoms with Crippen molar-refractivity contribution in [3.63, 3.8) is 0 Å². The number of nitrogens with zero attached hydrogens (tertiary/aromatic N) is 6. The number of nitriles is 1. The van der Waals surface area contributed by atoms with E-state index < -0.39 is 24.1 Å². The molecule has 0 aromatic carbocycles. The van der Waals surface area contributed by atoms with Gasteiger partial charge in [-0.15, -0.1) is 0 Å². The normalized spacial score (nSPS) is 18.9. The first-order valence-electron chi connectivity index (χ1n) is 11.2. The van der Waals surface area contributed by atoms with Crippen LogP contribution in [0.1, 0.15) is 30.7 Å². The van der Waals surface area contributed by atoms with Gasteiger partial charge in [0.1, 0.15) is 40.6 Å². The fourth-order valence-electron chi connectivity index (χ4n) is 4.16. The van der Waals surface area contributed by atoms with Crippen molar-refractivity contribution in [2.75, 3.05) is 18.0 Å². The van der Waals surface area contributed by atoms with E-state index in [1.807, 2.05) is 23.1 Å². The third-order valence-corrected chi connectivity index (χ3v) is 6.12. The van der Waals surface area contributed by atoms with Gasteiger partial charge >= 0.3 is 0 Å². The molecule has 35 heavy (non-hydrogen) atoms. The highest BCUT2D eigenvalue weighted by Crippen LogP contribution is 2.33. The quantitative estimate of drug-likeness (QED) is 0.453. The molecule has 1 aliphatic heterocycles. The minimum absolute atomic E-state index is 0.316. The van der Waals surface area contributed by atoms with Gasteiger partial charge in [-0.05, 0) is 43.7 Å². The Hall–Kier alpha value is -4.07. The van der Waals surface area contributed by atoms with Gasteiger partial charge in [-0.25, -0.2) is 13.9 Å². The predicted molar refractivity (Wildman–Crippen MR) is 125 cm³/mol. The van der Waals surface area contributed by atoms with Gasteiger partial charge in [0.05, 0.1) is 30.3 Å². The molecule has 0 aliphatic carbocycles. The minimum Gasteiger partial charge on any atom is -0.482 e. The number of halogens is 1. The van der Waals surface area contributed by atoms with Gasteiger partial charge in [0.25, 0.3) is 0 Å². The third kappa shape index (κ3) is 4.51. The number of hydrogen-bond donors (Lipinski definition) is 2. The Morgan fingerprint density at radius 3 is 2.66 bits per heavy atom. The summed E-state index contributed by atoms with van der Waals surface area (Å²) in [5.74, 6) is 0.714. The SMILES string of the molecule is C[C@@H](Oc1cc(-c2ccc(N3CC[C@@H](O)[C@@H](O)C3)nc2)cn2ncc(C#N)c12)c1ccc(F)cn1. The van der Waals surface area contributed by atoms with Crippen molar-refractivity contribution in [1.29, 1.82) is 5.26 Å². The van der Waals surface area contributed by atoms with Crippen molar-refractivity contribution in [1.82, 2.24) is 19.6 Å². The van der Waals surface area contributed by atoms with Crippen LogP contribution in [0.15, 0.2) is 55.1 Å². The number of pyridine rings is 3. The topological polar surface area (TPSA) is 120 Å². The number of fused-ring (bicyclic) bond motifs is 1. The van der Waals surface area contributed by atoms with Crippen molar-refractivity contribution in [2.45, 2.75) is 31.7 Å². The average molecular weight is 474 g/mol. The molecular weight excluding hydrogens is 451 g/mol. The van der Waals surface area contributed by atoms with Gasteiger partial charge in [-0.2, -0.15) is 10.4 Å². The Morgan fingerprint density at radius 1 is 1.11 bits per heavy atom. The summed E-state index contributed by atoms with van der Waals surface area (Å²) >= 11 is 0. The van der Waals surface area contributed by atoms with Crippen LogP contribution in [0, 0.1) is 17.1 Å². The van der Waals surface area contributed by atoms with Gasteiger partial charge < -0.3 is 19.8 Å². The number of anilines is 1. The highest BCUT2D eigenvalue weighted by atomic mass is 19.1. The monoisotopic (exact) mass is 474 g/mol. The lowest BCUT2D eigenvalue weighted by molar-refractivity contribution is 0.00786. The van der Waals surface area contributed by atoms with Crippen LogP contribution in [0.25, 0.3) is 16.6 Å². The molecule has 0 spiro atoms. The number of piperidine rings is 1. The maximum Gasteiger partial charge on any atom is 0.148 e. The van der Waals surface area contributed by atoms with E-state index in [0.717, 1.165) is 17.3 Å². The summed E-state index contributed by atoms with van der Waals surface area (Å²) in [5.41, 5.74) is 3.01. The zero-order valence-corrected chi connectivity index (χ0v) is 18.9. The Kier molecular flexibility index (Phi) is 6.03. The zero-order chi connectivity index (χ0) is 24.5. The lowest BCUT2D eigenvalue weighted by Crippen LogP contribution is -2.46. The summed E-state index contributed by atoms with van der Waals surface area (Å²) in [6.45, 7) is 2.72. The maximum atomic E-state index is 13.3. The van der Waals surface area contributed by atoms with E-state index in [1.54, 1.807) is 29.9 Å². The summed E-state index contributed by atoms with van der Waals surface area (Å²) in [6.07, 6.45) is 4.58. The summed E-state index contributed by atoms with van der Waals surface area (Å²) in [7, 11) is 0. The Balaban J connectivity index is 1.47. The van der Waals surface area contributed by atoms with E-state index in [1.165, 1.54) is 12.3 Å². The molecule has 0 unspecified atom stereocenters. The molecule has 0 radical (unpaired) electrons. The molecule has 4 aromatic heterocycles. The molecule has 0 bridgehead atoms. The van der Waals surface area contributed by atoms with Crippen LogP contribution in [0.4, 0.5) is 10.2 Å². The van der Waals surface area contributed by atoms with E-state index in [2.05, 4.69) is 21.1 Å². The molecule has 1 saturated heterocycles. The second-order valence-corrected chi connectivity index (χ2v) is 8.49. The number of aromatic nitrogens is 4. The summed E-state index contributed by atoms with van der Waals surface area (Å²) < 4.78 is 21.1. The molecule has 4 aromatic rings. The second kappa shape index (κ2) is 9.29. The molecule has 0 amide bonds. The van der Waals surface area contributed by atoms with E-state index in [-0.39, 0.29) is 0 Å². The first-order chi connectivity index (χ1) is 16.9. The lowest BCUT2D eigenvalue weighted by atomic mass is 10.0. The number of rotatable bonds is 5. The van der Waals surface area contributed by atoms with Crippen LogP contribution in [0.2, 0.25) is 0 Å². The standard InChI is InChI=1S/C25H23FN6O3/c1-15(20-4-3-19(26)12-28-20)35-23-8-17(13-32-25(23)18(9-27)11-30-32)16-2-5-24(29-10-16)31-7-6-21(33)22(34)14-31/h2-5,8,10-13,15,21-22,33-34H,6-7,14H2,1H3/t15-,21-,22+/m1/s1. The Morgan fingerprint density at radius 2 is 1.97 bits per heavy atom. The zero-order valence-electron chi connectivity index (χ0n) is 18.9. The fraction of sp³-hybridized carbons (Fsp3) is 0.280. The summed E-state index contributed by atoms with van der Waals surface area (Å²) in [6, 6.07) is 10.6. The van der Waals surface area contributed by atoms with Crippen LogP contribution in [0.3, 0.4) is 0 Å². The molecule has 1 fully saturated rings. The van der Waals surface area contributed by atoms with Gasteiger partial charge in [-0.3, -0.25) is 4.98 Å². The highest BCUT2D eigenvalue weighted by molar-refractivity contribution is 5.75. The first kappa shape index (κ1) is 22.7. The molecular formula is C25H23FN6O3. The van der Waals surface area contributed by atoms with E-state index in [9.17, 15) is 19.9 Å². The van der Waals surface area contributed by atoms with E-state index >= 15 is 0 Å². The van der Waals surface area contributed by atoms with Gasteiger partial charge in [0.15, 0.2) is 0 Å². The molecule has 1 aliphatic rings. The lowest BCUT2D eigenvalue weighted by Gasteiger charge is -2.34. The number of hydrogen-bond acceptors (Lipinski definition) is 8. The van der Waals surface area contributed by atoms with Crippen molar-refractivity contribution in [3.05, 3.63) is 72.2 Å². The van der Waals surface area contributed by atoms with Crippen molar-refractivity contribution >= 4 is 11.3 Å². The largest absolute Gasteiger partial charge is 0.482 e. The number of aliphatic hydroxyl groups excluding tert-OH is 2. The van der Waals surface area contributed by atoms with Gasteiger partial charge in [-0.1, -0.05) is 0 Å². The predicted octanol–water partition coefficient (Wildman–Crippen LogP) is 2.87. The maximum absolute atomic E-state index is 13.3. The fourth-order valence-corrected chi connectivity index (χ4v) is 4.16. The first-order valence-corrected chi connectivity index (χ1v) is 11.2. The van der Waals surface area contributed by atoms with Crippen LogP contribution in [-0.2, 0) is 0 Å². The highest BCUT2D eigenvalue weighted by Gasteiger charge is 2.26. The van der Waals surface area contributed by atoms with Crippen LogP contribution >= 0.6 is 0 Å². The number of ether oxygens (including phenoxy) is 1. The average Bonchev–Trinajstić information content (AvgIpc) is 3.30. The van der Waals surface area contributed by atoms with E-state index in [0.29, 0.717) is 47.9 Å².